The standard InChI is InChI=1S/C21H20N8O2/c1-14-2-4-15(5-3-14)20-17(18-12-22-13-27-18)11-26-21(28-20)24-9-8-23-19-7-6-16(10-25-19)29(30)31/h2-7,10-13H,8-9H2,1H3,(H,22,27)(H,23,25)(H,24,26,28). The van der Waals surface area contributed by atoms with E-state index in [2.05, 4.69) is 30.6 Å². The van der Waals surface area contributed by atoms with E-state index in [0.717, 1.165) is 22.5 Å². The van der Waals surface area contributed by atoms with E-state index in [0.29, 0.717) is 24.9 Å². The highest BCUT2D eigenvalue weighted by atomic mass is 16.6. The van der Waals surface area contributed by atoms with Crippen LogP contribution in [0.2, 0.25) is 0 Å². The fraction of sp³-hybridized carbons (Fsp3) is 0.143. The number of pyridine rings is 1. The molecule has 0 amide bonds. The minimum Gasteiger partial charge on any atom is -0.368 e. The van der Waals surface area contributed by atoms with Crippen molar-refractivity contribution in [2.45, 2.75) is 6.92 Å². The van der Waals surface area contributed by atoms with Gasteiger partial charge in [-0.05, 0) is 13.0 Å². The van der Waals surface area contributed by atoms with Crippen molar-refractivity contribution in [3.63, 3.8) is 0 Å². The largest absolute Gasteiger partial charge is 0.368 e. The molecule has 3 N–H and O–H groups in total. The number of aromatic nitrogens is 5. The normalized spacial score (nSPS) is 10.6. The number of hydrogen-bond donors (Lipinski definition) is 3. The van der Waals surface area contributed by atoms with E-state index in [1.54, 1.807) is 24.8 Å². The van der Waals surface area contributed by atoms with Crippen molar-refractivity contribution in [1.29, 1.82) is 0 Å². The summed E-state index contributed by atoms with van der Waals surface area (Å²) in [6.07, 6.45) is 6.35. The summed E-state index contributed by atoms with van der Waals surface area (Å²) >= 11 is 0. The number of nitro groups is 1. The van der Waals surface area contributed by atoms with Crippen molar-refractivity contribution in [3.05, 3.63) is 77.0 Å². The molecule has 0 saturated heterocycles. The molecule has 3 aromatic heterocycles. The highest BCUT2D eigenvalue weighted by molar-refractivity contribution is 5.78. The second-order valence-corrected chi connectivity index (χ2v) is 6.80. The van der Waals surface area contributed by atoms with E-state index >= 15 is 0 Å². The lowest BCUT2D eigenvalue weighted by Crippen LogP contribution is -2.16. The number of benzene rings is 1. The van der Waals surface area contributed by atoms with Gasteiger partial charge in [0.15, 0.2) is 0 Å². The first-order valence-electron chi connectivity index (χ1n) is 9.61. The third-order valence-electron chi connectivity index (χ3n) is 4.58. The van der Waals surface area contributed by atoms with Crippen LogP contribution in [0.5, 0.6) is 0 Å². The number of nitrogens with zero attached hydrogens (tertiary/aromatic N) is 5. The molecule has 10 heteroatoms. The van der Waals surface area contributed by atoms with E-state index < -0.39 is 4.92 Å². The van der Waals surface area contributed by atoms with Gasteiger partial charge in [0.2, 0.25) is 5.95 Å². The van der Waals surface area contributed by atoms with Gasteiger partial charge in [-0.2, -0.15) is 0 Å². The lowest BCUT2D eigenvalue weighted by atomic mass is 10.0. The lowest BCUT2D eigenvalue weighted by Gasteiger charge is -2.11. The predicted octanol–water partition coefficient (Wildman–Crippen LogP) is 3.67. The molecule has 0 radical (unpaired) electrons. The molecular weight excluding hydrogens is 396 g/mol. The molecular formula is C21H20N8O2. The molecule has 0 unspecified atom stereocenters. The quantitative estimate of drug-likeness (QED) is 0.225. The van der Waals surface area contributed by atoms with Crippen LogP contribution in [0, 0.1) is 17.0 Å². The summed E-state index contributed by atoms with van der Waals surface area (Å²) in [6, 6.07) is 11.1. The van der Waals surface area contributed by atoms with E-state index in [4.69, 9.17) is 4.98 Å². The molecule has 0 fully saturated rings. The van der Waals surface area contributed by atoms with Crippen molar-refractivity contribution in [2.75, 3.05) is 23.7 Å². The number of hydrogen-bond acceptors (Lipinski definition) is 8. The lowest BCUT2D eigenvalue weighted by molar-refractivity contribution is -0.385. The monoisotopic (exact) mass is 416 g/mol. The zero-order chi connectivity index (χ0) is 21.6. The highest BCUT2D eigenvalue weighted by Crippen LogP contribution is 2.29. The first kappa shape index (κ1) is 20.0. The van der Waals surface area contributed by atoms with Crippen molar-refractivity contribution in [1.82, 2.24) is 24.9 Å². The Morgan fingerprint density at radius 3 is 2.48 bits per heavy atom. The van der Waals surface area contributed by atoms with Gasteiger partial charge in [0, 0.05) is 36.5 Å². The molecule has 0 aliphatic heterocycles. The van der Waals surface area contributed by atoms with Crippen LogP contribution < -0.4 is 10.6 Å². The Kier molecular flexibility index (Phi) is 5.79. The van der Waals surface area contributed by atoms with E-state index in [9.17, 15) is 10.1 Å². The third kappa shape index (κ3) is 4.81. The average Bonchev–Trinajstić information content (AvgIpc) is 3.32. The molecule has 0 atom stereocenters. The zero-order valence-electron chi connectivity index (χ0n) is 16.7. The molecule has 156 valence electrons. The fourth-order valence-electron chi connectivity index (χ4n) is 2.96. The van der Waals surface area contributed by atoms with Crippen molar-refractivity contribution < 1.29 is 4.92 Å². The smallest absolute Gasteiger partial charge is 0.287 e. The van der Waals surface area contributed by atoms with Gasteiger partial charge in [0.1, 0.15) is 12.0 Å². The zero-order valence-corrected chi connectivity index (χ0v) is 16.7. The highest BCUT2D eigenvalue weighted by Gasteiger charge is 2.13. The Labute approximate surface area is 178 Å². The minimum absolute atomic E-state index is 0.0435. The fourth-order valence-corrected chi connectivity index (χ4v) is 2.96. The minimum atomic E-state index is -0.478. The Bertz CT molecular complexity index is 1160. The van der Waals surface area contributed by atoms with Gasteiger partial charge in [-0.1, -0.05) is 29.8 Å². The van der Waals surface area contributed by atoms with Crippen LogP contribution in [0.25, 0.3) is 22.5 Å². The summed E-state index contributed by atoms with van der Waals surface area (Å²) < 4.78 is 0. The van der Waals surface area contributed by atoms with Crippen molar-refractivity contribution >= 4 is 17.5 Å². The average molecular weight is 416 g/mol. The van der Waals surface area contributed by atoms with Crippen LogP contribution in [0.4, 0.5) is 17.5 Å². The van der Waals surface area contributed by atoms with Gasteiger partial charge in [-0.25, -0.2) is 19.9 Å². The molecule has 31 heavy (non-hydrogen) atoms. The van der Waals surface area contributed by atoms with Gasteiger partial charge >= 0.3 is 0 Å². The first-order valence-corrected chi connectivity index (χ1v) is 9.61. The molecule has 1 aromatic carbocycles. The Morgan fingerprint density at radius 2 is 1.81 bits per heavy atom. The van der Waals surface area contributed by atoms with Gasteiger partial charge in [0.05, 0.1) is 28.8 Å². The summed E-state index contributed by atoms with van der Waals surface area (Å²) in [5.41, 5.74) is 4.61. The number of aryl methyl sites for hydroxylation is 1. The van der Waals surface area contributed by atoms with Crippen LogP contribution in [0.1, 0.15) is 5.56 Å². The van der Waals surface area contributed by atoms with Crippen molar-refractivity contribution in [2.24, 2.45) is 0 Å². The SMILES string of the molecule is Cc1ccc(-c2nc(NCCNc3ccc([N+](=O)[O-])cn3)ncc2-c2cnc[nH]2)cc1. The molecule has 0 saturated carbocycles. The Morgan fingerprint density at radius 1 is 1.00 bits per heavy atom. The van der Waals surface area contributed by atoms with Gasteiger partial charge in [-0.3, -0.25) is 10.1 Å². The Balaban J connectivity index is 1.45. The number of rotatable bonds is 8. The summed E-state index contributed by atoms with van der Waals surface area (Å²) in [5.74, 6) is 1.06. The molecule has 3 heterocycles. The number of H-pyrrole nitrogens is 1. The van der Waals surface area contributed by atoms with E-state index in [-0.39, 0.29) is 5.69 Å². The maximum Gasteiger partial charge on any atom is 0.287 e. The third-order valence-corrected chi connectivity index (χ3v) is 4.58. The number of nitrogens with one attached hydrogen (secondary N) is 3. The maximum atomic E-state index is 10.7. The topological polar surface area (TPSA) is 135 Å². The Hall–Kier alpha value is -4.34. The second kappa shape index (κ2) is 8.99. The van der Waals surface area contributed by atoms with Crippen LogP contribution >= 0.6 is 0 Å². The maximum absolute atomic E-state index is 10.7. The molecule has 4 rings (SSSR count). The summed E-state index contributed by atoms with van der Waals surface area (Å²) in [4.78, 5) is 30.6. The van der Waals surface area contributed by atoms with Crippen LogP contribution in [-0.2, 0) is 0 Å². The van der Waals surface area contributed by atoms with Crippen LogP contribution in [0.15, 0.2) is 61.3 Å². The van der Waals surface area contributed by atoms with E-state index in [1.165, 1.54) is 17.8 Å². The van der Waals surface area contributed by atoms with Gasteiger partial charge in [0.25, 0.3) is 5.69 Å². The second-order valence-electron chi connectivity index (χ2n) is 6.80. The first-order chi connectivity index (χ1) is 15.1. The van der Waals surface area contributed by atoms with Gasteiger partial charge < -0.3 is 15.6 Å². The summed E-state index contributed by atoms with van der Waals surface area (Å²) in [7, 11) is 0. The number of anilines is 2. The van der Waals surface area contributed by atoms with Crippen LogP contribution in [-0.4, -0.2) is 42.9 Å². The summed E-state index contributed by atoms with van der Waals surface area (Å²) in [5, 5.41) is 17.0. The summed E-state index contributed by atoms with van der Waals surface area (Å²) in [6.45, 7) is 3.12. The number of aromatic amines is 1. The number of imidazole rings is 1. The molecule has 0 aliphatic carbocycles. The molecule has 0 bridgehead atoms. The molecule has 0 aliphatic rings. The molecule has 4 aromatic rings. The van der Waals surface area contributed by atoms with Gasteiger partial charge in [-0.15, -0.1) is 0 Å². The molecule has 10 nitrogen and oxygen atoms in total. The van der Waals surface area contributed by atoms with Crippen molar-refractivity contribution in [3.8, 4) is 22.5 Å². The predicted molar refractivity (Wildman–Crippen MR) is 118 cm³/mol. The molecule has 0 spiro atoms. The van der Waals surface area contributed by atoms with E-state index in [1.807, 2.05) is 31.2 Å². The van der Waals surface area contributed by atoms with Crippen LogP contribution in [0.3, 0.4) is 0 Å².